The number of piperazine rings is 1. The summed E-state index contributed by atoms with van der Waals surface area (Å²) in [5.74, 6) is 1.01. The third kappa shape index (κ3) is 3.59. The van der Waals surface area contributed by atoms with Crippen molar-refractivity contribution in [3.8, 4) is 0 Å². The number of hydrogen-bond acceptors (Lipinski definition) is 2. The molecular formula is C12H23N3S. The SMILES string of the molecule is CCCNC(=S)N1CCN(CC2CC2)CC1. The molecule has 2 fully saturated rings. The fraction of sp³-hybridized carbons (Fsp3) is 0.917. The van der Waals surface area contributed by atoms with E-state index in [0.29, 0.717) is 0 Å². The van der Waals surface area contributed by atoms with E-state index in [4.69, 9.17) is 12.2 Å². The van der Waals surface area contributed by atoms with E-state index >= 15 is 0 Å². The predicted molar refractivity (Wildman–Crippen MR) is 71.6 cm³/mol. The van der Waals surface area contributed by atoms with Crippen molar-refractivity contribution in [2.45, 2.75) is 26.2 Å². The van der Waals surface area contributed by atoms with E-state index in [1.54, 1.807) is 0 Å². The molecule has 0 unspecified atom stereocenters. The normalized spacial score (nSPS) is 22.2. The first kappa shape index (κ1) is 12.1. The second-order valence-electron chi connectivity index (χ2n) is 4.96. The maximum Gasteiger partial charge on any atom is 0.169 e. The summed E-state index contributed by atoms with van der Waals surface area (Å²) in [7, 11) is 0. The lowest BCUT2D eigenvalue weighted by atomic mass is 10.3. The van der Waals surface area contributed by atoms with Crippen molar-refractivity contribution >= 4 is 17.3 Å². The highest BCUT2D eigenvalue weighted by molar-refractivity contribution is 7.80. The van der Waals surface area contributed by atoms with E-state index in [2.05, 4.69) is 22.0 Å². The summed E-state index contributed by atoms with van der Waals surface area (Å²) in [5, 5.41) is 4.26. The van der Waals surface area contributed by atoms with E-state index in [0.717, 1.165) is 37.1 Å². The Hall–Kier alpha value is -0.350. The number of nitrogens with one attached hydrogen (secondary N) is 1. The number of rotatable bonds is 4. The summed E-state index contributed by atoms with van der Waals surface area (Å²) in [6.45, 7) is 9.06. The van der Waals surface area contributed by atoms with Crippen molar-refractivity contribution < 1.29 is 0 Å². The second kappa shape index (κ2) is 5.82. The van der Waals surface area contributed by atoms with Crippen LogP contribution in [0, 0.1) is 5.92 Å². The molecule has 0 aromatic carbocycles. The average molecular weight is 241 g/mol. The van der Waals surface area contributed by atoms with Gasteiger partial charge >= 0.3 is 0 Å². The zero-order valence-corrected chi connectivity index (χ0v) is 11.1. The topological polar surface area (TPSA) is 18.5 Å². The van der Waals surface area contributed by atoms with Gasteiger partial charge in [0, 0.05) is 39.3 Å². The molecule has 1 saturated heterocycles. The highest BCUT2D eigenvalue weighted by Crippen LogP contribution is 2.29. The highest BCUT2D eigenvalue weighted by Gasteiger charge is 2.26. The van der Waals surface area contributed by atoms with Gasteiger partial charge in [0.2, 0.25) is 0 Å². The lowest BCUT2D eigenvalue weighted by molar-refractivity contribution is 0.175. The summed E-state index contributed by atoms with van der Waals surface area (Å²) >= 11 is 5.37. The molecule has 0 amide bonds. The first-order chi connectivity index (χ1) is 7.79. The molecule has 3 nitrogen and oxygen atoms in total. The number of hydrogen-bond donors (Lipinski definition) is 1. The first-order valence-corrected chi connectivity index (χ1v) is 6.95. The van der Waals surface area contributed by atoms with Crippen LogP contribution in [0.3, 0.4) is 0 Å². The lowest BCUT2D eigenvalue weighted by Gasteiger charge is -2.36. The number of nitrogens with zero attached hydrogens (tertiary/aromatic N) is 2. The van der Waals surface area contributed by atoms with Gasteiger partial charge in [0.1, 0.15) is 0 Å². The minimum atomic E-state index is 0.952. The molecule has 4 heteroatoms. The molecule has 16 heavy (non-hydrogen) atoms. The third-order valence-corrected chi connectivity index (χ3v) is 3.80. The highest BCUT2D eigenvalue weighted by atomic mass is 32.1. The molecule has 1 N–H and O–H groups in total. The van der Waals surface area contributed by atoms with Gasteiger partial charge in [-0.2, -0.15) is 0 Å². The van der Waals surface area contributed by atoms with Crippen LogP contribution < -0.4 is 5.32 Å². The molecule has 0 bridgehead atoms. The maximum atomic E-state index is 5.37. The van der Waals surface area contributed by atoms with Crippen LogP contribution in [-0.2, 0) is 0 Å². The van der Waals surface area contributed by atoms with Crippen LogP contribution in [-0.4, -0.2) is 54.2 Å². The standard InChI is InChI=1S/C12H23N3S/c1-2-5-13-12(16)15-8-6-14(7-9-15)10-11-3-4-11/h11H,2-10H2,1H3,(H,13,16). The monoisotopic (exact) mass is 241 g/mol. The van der Waals surface area contributed by atoms with Crippen LogP contribution in [0.2, 0.25) is 0 Å². The van der Waals surface area contributed by atoms with Crippen molar-refractivity contribution in [3.05, 3.63) is 0 Å². The van der Waals surface area contributed by atoms with Crippen LogP contribution in [0.1, 0.15) is 26.2 Å². The Morgan fingerprint density at radius 1 is 1.25 bits per heavy atom. The largest absolute Gasteiger partial charge is 0.363 e. The van der Waals surface area contributed by atoms with Crippen LogP contribution >= 0.6 is 12.2 Å². The predicted octanol–water partition coefficient (Wildman–Crippen LogP) is 1.30. The van der Waals surface area contributed by atoms with Gasteiger partial charge in [-0.15, -0.1) is 0 Å². The van der Waals surface area contributed by atoms with Crippen molar-refractivity contribution in [1.29, 1.82) is 0 Å². The van der Waals surface area contributed by atoms with E-state index in [1.807, 2.05) is 0 Å². The Balaban J connectivity index is 1.65. The van der Waals surface area contributed by atoms with Crippen LogP contribution in [0.25, 0.3) is 0 Å². The van der Waals surface area contributed by atoms with Crippen LogP contribution in [0.5, 0.6) is 0 Å². The molecular weight excluding hydrogens is 218 g/mol. The smallest absolute Gasteiger partial charge is 0.169 e. The minimum Gasteiger partial charge on any atom is -0.363 e. The molecule has 2 rings (SSSR count). The average Bonchev–Trinajstić information content (AvgIpc) is 3.11. The van der Waals surface area contributed by atoms with E-state index in [-0.39, 0.29) is 0 Å². The van der Waals surface area contributed by atoms with E-state index in [1.165, 1.54) is 32.5 Å². The fourth-order valence-corrected chi connectivity index (χ4v) is 2.43. The Bertz CT molecular complexity index is 232. The molecule has 2 aliphatic rings. The Morgan fingerprint density at radius 3 is 2.50 bits per heavy atom. The Labute approximate surface area is 104 Å². The third-order valence-electron chi connectivity index (χ3n) is 3.40. The lowest BCUT2D eigenvalue weighted by Crippen LogP contribution is -2.52. The molecule has 0 atom stereocenters. The van der Waals surface area contributed by atoms with Gasteiger partial charge in [-0.3, -0.25) is 4.90 Å². The molecule has 0 spiro atoms. The van der Waals surface area contributed by atoms with E-state index in [9.17, 15) is 0 Å². The number of thiocarbonyl (C=S) groups is 1. The van der Waals surface area contributed by atoms with Gasteiger partial charge in [-0.1, -0.05) is 6.92 Å². The van der Waals surface area contributed by atoms with Crippen molar-refractivity contribution in [1.82, 2.24) is 15.1 Å². The second-order valence-corrected chi connectivity index (χ2v) is 5.35. The van der Waals surface area contributed by atoms with Gasteiger partial charge in [0.25, 0.3) is 0 Å². The van der Waals surface area contributed by atoms with Gasteiger partial charge < -0.3 is 10.2 Å². The summed E-state index contributed by atoms with van der Waals surface area (Å²) in [5.41, 5.74) is 0. The molecule has 1 aliphatic carbocycles. The minimum absolute atomic E-state index is 0.952. The molecule has 0 aromatic rings. The molecule has 92 valence electrons. The summed E-state index contributed by atoms with van der Waals surface area (Å²) in [6.07, 6.45) is 4.05. The zero-order chi connectivity index (χ0) is 11.4. The molecule has 1 saturated carbocycles. The van der Waals surface area contributed by atoms with Gasteiger partial charge in [-0.05, 0) is 37.4 Å². The van der Waals surface area contributed by atoms with Crippen LogP contribution in [0.4, 0.5) is 0 Å². The fourth-order valence-electron chi connectivity index (χ4n) is 2.14. The maximum absolute atomic E-state index is 5.37. The Kier molecular flexibility index (Phi) is 4.41. The molecule has 0 aromatic heterocycles. The zero-order valence-electron chi connectivity index (χ0n) is 10.2. The van der Waals surface area contributed by atoms with Gasteiger partial charge in [0.15, 0.2) is 5.11 Å². The summed E-state index contributed by atoms with van der Waals surface area (Å²) < 4.78 is 0. The van der Waals surface area contributed by atoms with Gasteiger partial charge in [0.05, 0.1) is 0 Å². The van der Waals surface area contributed by atoms with Crippen molar-refractivity contribution in [2.75, 3.05) is 39.3 Å². The van der Waals surface area contributed by atoms with Crippen molar-refractivity contribution in [3.63, 3.8) is 0 Å². The Morgan fingerprint density at radius 2 is 1.94 bits per heavy atom. The van der Waals surface area contributed by atoms with Crippen molar-refractivity contribution in [2.24, 2.45) is 5.92 Å². The molecule has 0 radical (unpaired) electrons. The van der Waals surface area contributed by atoms with Crippen LogP contribution in [0.15, 0.2) is 0 Å². The van der Waals surface area contributed by atoms with Gasteiger partial charge in [-0.25, -0.2) is 0 Å². The summed E-state index contributed by atoms with van der Waals surface area (Å²) in [6, 6.07) is 0. The quantitative estimate of drug-likeness (QED) is 0.748. The van der Waals surface area contributed by atoms with E-state index < -0.39 is 0 Å². The summed E-state index contributed by atoms with van der Waals surface area (Å²) in [4.78, 5) is 4.91. The molecule has 1 aliphatic heterocycles. The first-order valence-electron chi connectivity index (χ1n) is 6.54. The molecule has 1 heterocycles.